The van der Waals surface area contributed by atoms with Gasteiger partial charge in [-0.1, -0.05) is 51.8 Å². The second kappa shape index (κ2) is 9.12. The number of amides is 1. The highest BCUT2D eigenvalue weighted by molar-refractivity contribution is 9.10. The predicted molar refractivity (Wildman–Crippen MR) is 131 cm³/mol. The SMILES string of the molecule is CN1c2ccc(Br)cc2C(c2ccccc2Cl)=NCC1CNC(=O)c1cccc(N)c1. The normalized spacial score (nSPS) is 15.6. The van der Waals surface area contributed by atoms with Crippen molar-refractivity contribution >= 4 is 50.5 Å². The van der Waals surface area contributed by atoms with Crippen molar-refractivity contribution in [3.05, 3.63) is 92.9 Å². The molecule has 3 aromatic rings. The number of nitrogens with zero attached hydrogens (tertiary/aromatic N) is 2. The Bertz CT molecular complexity index is 1160. The molecule has 1 unspecified atom stereocenters. The van der Waals surface area contributed by atoms with Crippen LogP contribution in [0.3, 0.4) is 0 Å². The number of benzene rings is 3. The Morgan fingerprint density at radius 3 is 2.74 bits per heavy atom. The predicted octanol–water partition coefficient (Wildman–Crippen LogP) is 4.77. The van der Waals surface area contributed by atoms with Crippen LogP contribution in [-0.2, 0) is 0 Å². The van der Waals surface area contributed by atoms with Gasteiger partial charge in [-0.2, -0.15) is 0 Å². The van der Waals surface area contributed by atoms with Gasteiger partial charge < -0.3 is 16.0 Å². The fourth-order valence-electron chi connectivity index (χ4n) is 3.68. The van der Waals surface area contributed by atoms with Crippen molar-refractivity contribution in [1.29, 1.82) is 0 Å². The molecule has 31 heavy (non-hydrogen) atoms. The molecular weight excluding hydrogens is 476 g/mol. The van der Waals surface area contributed by atoms with Crippen molar-refractivity contribution in [1.82, 2.24) is 5.32 Å². The number of fused-ring (bicyclic) bond motifs is 1. The van der Waals surface area contributed by atoms with Crippen molar-refractivity contribution in [3.8, 4) is 0 Å². The number of hydrogen-bond donors (Lipinski definition) is 2. The quantitative estimate of drug-likeness (QED) is 0.510. The summed E-state index contributed by atoms with van der Waals surface area (Å²) in [7, 11) is 2.02. The molecule has 0 saturated carbocycles. The van der Waals surface area contributed by atoms with Gasteiger partial charge in [-0.3, -0.25) is 9.79 Å². The minimum atomic E-state index is -0.156. The number of hydrogen-bond acceptors (Lipinski definition) is 4. The lowest BCUT2D eigenvalue weighted by Gasteiger charge is -2.29. The molecule has 1 amide bonds. The number of anilines is 2. The van der Waals surface area contributed by atoms with Crippen LogP contribution in [0, 0.1) is 0 Å². The molecular formula is C24H22BrClN4O. The van der Waals surface area contributed by atoms with Crippen molar-refractivity contribution in [2.75, 3.05) is 30.8 Å². The maximum Gasteiger partial charge on any atom is 0.251 e. The third kappa shape index (κ3) is 4.60. The van der Waals surface area contributed by atoms with Gasteiger partial charge >= 0.3 is 0 Å². The highest BCUT2D eigenvalue weighted by Gasteiger charge is 2.26. The maximum atomic E-state index is 12.6. The van der Waals surface area contributed by atoms with Gasteiger partial charge in [0.05, 0.1) is 18.3 Å². The minimum absolute atomic E-state index is 0.0232. The fraction of sp³-hybridized carbons (Fsp3) is 0.167. The number of nitrogens with two attached hydrogens (primary N) is 1. The summed E-state index contributed by atoms with van der Waals surface area (Å²) >= 11 is 10.1. The highest BCUT2D eigenvalue weighted by Crippen LogP contribution is 2.32. The summed E-state index contributed by atoms with van der Waals surface area (Å²) in [5.74, 6) is -0.156. The van der Waals surface area contributed by atoms with Gasteiger partial charge in [-0.25, -0.2) is 0 Å². The van der Waals surface area contributed by atoms with E-state index in [0.717, 1.165) is 27.0 Å². The molecule has 0 aliphatic carbocycles. The van der Waals surface area contributed by atoms with Crippen LogP contribution in [0.5, 0.6) is 0 Å². The zero-order valence-corrected chi connectivity index (χ0v) is 19.3. The van der Waals surface area contributed by atoms with E-state index in [0.29, 0.717) is 29.4 Å². The first kappa shape index (κ1) is 21.4. The molecule has 1 aliphatic heterocycles. The van der Waals surface area contributed by atoms with Gasteiger partial charge in [0, 0.05) is 51.2 Å². The van der Waals surface area contributed by atoms with Crippen LogP contribution < -0.4 is 16.0 Å². The standard InChI is InChI=1S/C24H22BrClN4O/c1-30-18(14-29-24(31)15-5-4-6-17(27)11-15)13-28-23(19-7-2-3-8-21(19)26)20-12-16(25)9-10-22(20)30/h2-12,18H,13-14,27H2,1H3,(H,29,31). The van der Waals surface area contributed by atoms with Gasteiger partial charge in [0.15, 0.2) is 0 Å². The third-order valence-electron chi connectivity index (χ3n) is 5.38. The third-order valence-corrected chi connectivity index (χ3v) is 6.20. The molecule has 1 heterocycles. The zero-order chi connectivity index (χ0) is 22.0. The first-order chi connectivity index (χ1) is 14.9. The number of halogens is 2. The topological polar surface area (TPSA) is 70.7 Å². The average Bonchev–Trinajstić information content (AvgIpc) is 2.89. The van der Waals surface area contributed by atoms with Crippen molar-refractivity contribution in [2.24, 2.45) is 4.99 Å². The Labute approximate surface area is 195 Å². The summed E-state index contributed by atoms with van der Waals surface area (Å²) in [5.41, 5.74) is 10.7. The summed E-state index contributed by atoms with van der Waals surface area (Å²) in [5, 5.41) is 3.68. The van der Waals surface area contributed by atoms with E-state index in [1.807, 2.05) is 37.4 Å². The van der Waals surface area contributed by atoms with Crippen LogP contribution in [0.2, 0.25) is 5.02 Å². The number of nitrogens with one attached hydrogen (secondary N) is 1. The van der Waals surface area contributed by atoms with Crippen molar-refractivity contribution < 1.29 is 4.79 Å². The average molecular weight is 498 g/mol. The molecule has 0 fully saturated rings. The first-order valence-corrected chi connectivity index (χ1v) is 11.1. The van der Waals surface area contributed by atoms with E-state index < -0.39 is 0 Å². The minimum Gasteiger partial charge on any atom is -0.399 e. The Kier molecular flexibility index (Phi) is 6.30. The summed E-state index contributed by atoms with van der Waals surface area (Å²) in [6.07, 6.45) is 0. The summed E-state index contributed by atoms with van der Waals surface area (Å²) in [6, 6.07) is 20.8. The van der Waals surface area contributed by atoms with E-state index >= 15 is 0 Å². The van der Waals surface area contributed by atoms with Gasteiger partial charge in [-0.05, 0) is 42.5 Å². The van der Waals surface area contributed by atoms with Crippen LogP contribution in [0.25, 0.3) is 0 Å². The van der Waals surface area contributed by atoms with E-state index in [1.54, 1.807) is 24.3 Å². The molecule has 1 aliphatic rings. The number of carbonyl (C=O) groups excluding carboxylic acids is 1. The molecule has 4 rings (SSSR count). The Balaban J connectivity index is 1.64. The number of aliphatic imine (C=N–C) groups is 1. The molecule has 3 N–H and O–H groups in total. The fourth-order valence-corrected chi connectivity index (χ4v) is 4.27. The van der Waals surface area contributed by atoms with Crippen LogP contribution in [0.15, 0.2) is 76.2 Å². The van der Waals surface area contributed by atoms with Gasteiger partial charge in [-0.15, -0.1) is 0 Å². The number of likely N-dealkylation sites (N-methyl/N-ethyl adjacent to an activating group) is 1. The van der Waals surface area contributed by atoms with Gasteiger partial charge in [0.25, 0.3) is 5.91 Å². The van der Waals surface area contributed by atoms with Gasteiger partial charge in [0.1, 0.15) is 0 Å². The lowest BCUT2D eigenvalue weighted by atomic mass is 10.00. The van der Waals surface area contributed by atoms with Gasteiger partial charge in [0.2, 0.25) is 0 Å². The van der Waals surface area contributed by atoms with Crippen LogP contribution >= 0.6 is 27.5 Å². The lowest BCUT2D eigenvalue weighted by molar-refractivity contribution is 0.0951. The molecule has 158 valence electrons. The summed E-state index contributed by atoms with van der Waals surface area (Å²) in [6.45, 7) is 0.958. The number of rotatable bonds is 4. The Morgan fingerprint density at radius 2 is 1.97 bits per heavy atom. The lowest BCUT2D eigenvalue weighted by Crippen LogP contribution is -2.43. The van der Waals surface area contributed by atoms with E-state index in [-0.39, 0.29) is 11.9 Å². The molecule has 5 nitrogen and oxygen atoms in total. The number of benzodiazepines with no additional fused rings is 1. The Morgan fingerprint density at radius 1 is 1.16 bits per heavy atom. The van der Waals surface area contributed by atoms with E-state index in [1.165, 1.54) is 0 Å². The highest BCUT2D eigenvalue weighted by atomic mass is 79.9. The molecule has 0 aromatic heterocycles. The molecule has 0 saturated heterocycles. The monoisotopic (exact) mass is 496 g/mol. The molecule has 7 heteroatoms. The molecule has 3 aromatic carbocycles. The van der Waals surface area contributed by atoms with E-state index in [9.17, 15) is 4.79 Å². The second-order valence-corrected chi connectivity index (χ2v) is 8.75. The van der Waals surface area contributed by atoms with Crippen molar-refractivity contribution in [3.63, 3.8) is 0 Å². The first-order valence-electron chi connectivity index (χ1n) is 9.90. The van der Waals surface area contributed by atoms with Crippen LogP contribution in [0.1, 0.15) is 21.5 Å². The van der Waals surface area contributed by atoms with Crippen molar-refractivity contribution in [2.45, 2.75) is 6.04 Å². The molecule has 0 bridgehead atoms. The number of nitrogen functional groups attached to an aromatic ring is 1. The number of carbonyl (C=O) groups is 1. The largest absolute Gasteiger partial charge is 0.399 e. The zero-order valence-electron chi connectivity index (χ0n) is 17.0. The molecule has 1 atom stereocenters. The van der Waals surface area contributed by atoms with Crippen LogP contribution in [-0.4, -0.2) is 37.8 Å². The summed E-state index contributed by atoms with van der Waals surface area (Å²) in [4.78, 5) is 19.7. The smallest absolute Gasteiger partial charge is 0.251 e. The second-order valence-electron chi connectivity index (χ2n) is 7.43. The van der Waals surface area contributed by atoms with E-state index in [4.69, 9.17) is 22.3 Å². The van der Waals surface area contributed by atoms with Crippen LogP contribution in [0.4, 0.5) is 11.4 Å². The maximum absolute atomic E-state index is 12.6. The molecule has 0 radical (unpaired) electrons. The Hall–Kier alpha value is -2.83. The van der Waals surface area contributed by atoms with E-state index in [2.05, 4.69) is 38.3 Å². The molecule has 0 spiro atoms. The summed E-state index contributed by atoms with van der Waals surface area (Å²) < 4.78 is 0.966.